The molecule has 1 aromatic rings. The van der Waals surface area contributed by atoms with Gasteiger partial charge in [0.1, 0.15) is 5.82 Å². The van der Waals surface area contributed by atoms with E-state index in [1.54, 1.807) is 0 Å². The van der Waals surface area contributed by atoms with Gasteiger partial charge in [-0.15, -0.1) is 0 Å². The Bertz CT molecular complexity index is 497. The summed E-state index contributed by atoms with van der Waals surface area (Å²) in [5, 5.41) is 7.03. The number of carbonyl (C=O) groups is 2. The van der Waals surface area contributed by atoms with Crippen LogP contribution in [0.4, 0.5) is 19.3 Å². The number of benzene rings is 1. The van der Waals surface area contributed by atoms with Crippen LogP contribution in [0, 0.1) is 11.6 Å². The molecule has 19 heavy (non-hydrogen) atoms. The van der Waals surface area contributed by atoms with Gasteiger partial charge in [-0.2, -0.15) is 0 Å². The second kappa shape index (κ2) is 7.03. The van der Waals surface area contributed by atoms with Crippen LogP contribution in [0.5, 0.6) is 0 Å². The molecular formula is C11H12BrF2N3O2. The largest absolute Gasteiger partial charge is 0.355 e. The van der Waals surface area contributed by atoms with E-state index < -0.39 is 17.7 Å². The van der Waals surface area contributed by atoms with Crippen molar-refractivity contribution in [2.45, 2.75) is 6.92 Å². The van der Waals surface area contributed by atoms with Gasteiger partial charge in [-0.25, -0.2) is 13.6 Å². The number of anilines is 1. The van der Waals surface area contributed by atoms with E-state index in [1.165, 1.54) is 6.92 Å². The zero-order valence-electron chi connectivity index (χ0n) is 10.0. The highest BCUT2D eigenvalue weighted by molar-refractivity contribution is 9.10. The molecular weight excluding hydrogens is 324 g/mol. The maximum Gasteiger partial charge on any atom is 0.319 e. The van der Waals surface area contributed by atoms with Gasteiger partial charge in [-0.1, -0.05) is 0 Å². The molecule has 0 saturated carbocycles. The molecule has 0 heterocycles. The molecule has 0 aliphatic rings. The topological polar surface area (TPSA) is 70.2 Å². The monoisotopic (exact) mass is 335 g/mol. The van der Waals surface area contributed by atoms with Crippen LogP contribution in [-0.2, 0) is 4.79 Å². The van der Waals surface area contributed by atoms with Crippen LogP contribution in [0.1, 0.15) is 6.92 Å². The third-order valence-electron chi connectivity index (χ3n) is 2.03. The Balaban J connectivity index is 2.51. The maximum absolute atomic E-state index is 13.5. The molecule has 0 aromatic heterocycles. The molecule has 3 amide bonds. The van der Waals surface area contributed by atoms with Crippen molar-refractivity contribution in [3.8, 4) is 0 Å². The van der Waals surface area contributed by atoms with Gasteiger partial charge in [0.05, 0.1) is 10.2 Å². The van der Waals surface area contributed by atoms with Crippen LogP contribution in [0.25, 0.3) is 0 Å². The second-order valence-corrected chi connectivity index (χ2v) is 4.47. The minimum Gasteiger partial charge on any atom is -0.355 e. The lowest BCUT2D eigenvalue weighted by Crippen LogP contribution is -2.36. The number of amides is 3. The summed E-state index contributed by atoms with van der Waals surface area (Å²) in [4.78, 5) is 22.0. The van der Waals surface area contributed by atoms with Crippen molar-refractivity contribution in [1.82, 2.24) is 10.6 Å². The van der Waals surface area contributed by atoms with Crippen molar-refractivity contribution in [2.24, 2.45) is 0 Å². The van der Waals surface area contributed by atoms with E-state index in [1.807, 2.05) is 0 Å². The molecule has 0 bridgehead atoms. The molecule has 0 radical (unpaired) electrons. The summed E-state index contributed by atoms with van der Waals surface area (Å²) >= 11 is 2.83. The average molecular weight is 336 g/mol. The molecule has 0 unspecified atom stereocenters. The number of carbonyl (C=O) groups excluding carboxylic acids is 2. The predicted molar refractivity (Wildman–Crippen MR) is 69.8 cm³/mol. The maximum atomic E-state index is 13.5. The van der Waals surface area contributed by atoms with E-state index >= 15 is 0 Å². The fourth-order valence-corrected chi connectivity index (χ4v) is 1.66. The fraction of sp³-hybridized carbons (Fsp3) is 0.273. The molecule has 8 heteroatoms. The molecule has 3 N–H and O–H groups in total. The zero-order chi connectivity index (χ0) is 14.4. The van der Waals surface area contributed by atoms with Crippen molar-refractivity contribution in [3.63, 3.8) is 0 Å². The minimum atomic E-state index is -0.765. The predicted octanol–water partition coefficient (Wildman–Crippen LogP) is 1.98. The van der Waals surface area contributed by atoms with Crippen LogP contribution in [0.2, 0.25) is 0 Å². The Labute approximate surface area is 116 Å². The van der Waals surface area contributed by atoms with E-state index in [0.717, 1.165) is 12.1 Å². The summed E-state index contributed by atoms with van der Waals surface area (Å²) in [6, 6.07) is 1.13. The molecule has 1 rings (SSSR count). The highest BCUT2D eigenvalue weighted by atomic mass is 79.9. The first-order chi connectivity index (χ1) is 8.90. The van der Waals surface area contributed by atoms with E-state index in [-0.39, 0.29) is 29.2 Å². The van der Waals surface area contributed by atoms with Crippen molar-refractivity contribution >= 4 is 33.6 Å². The first-order valence-corrected chi connectivity index (χ1v) is 6.13. The first kappa shape index (κ1) is 15.4. The molecule has 104 valence electrons. The summed E-state index contributed by atoms with van der Waals surface area (Å²) < 4.78 is 26.5. The lowest BCUT2D eigenvalue weighted by Gasteiger charge is -2.09. The van der Waals surface area contributed by atoms with Crippen LogP contribution in [0.3, 0.4) is 0 Å². The van der Waals surface area contributed by atoms with Gasteiger partial charge in [0.25, 0.3) is 0 Å². The third-order valence-corrected chi connectivity index (χ3v) is 2.60. The van der Waals surface area contributed by atoms with Gasteiger partial charge < -0.3 is 16.0 Å². The number of rotatable bonds is 4. The summed E-state index contributed by atoms with van der Waals surface area (Å²) in [6.45, 7) is 1.77. The standard InChI is InChI=1S/C11H12BrF2N3O2/c1-6(18)15-2-3-16-11(19)17-9-5-7(13)4-8(12)10(9)14/h4-5H,2-3H2,1H3,(H,15,18)(H2,16,17,19). The van der Waals surface area contributed by atoms with Crippen LogP contribution < -0.4 is 16.0 Å². The van der Waals surface area contributed by atoms with Crippen molar-refractivity contribution < 1.29 is 18.4 Å². The van der Waals surface area contributed by atoms with Crippen LogP contribution in [0.15, 0.2) is 16.6 Å². The number of urea groups is 1. The Morgan fingerprint density at radius 2 is 1.84 bits per heavy atom. The summed E-state index contributed by atoms with van der Waals surface area (Å²) in [5.41, 5.74) is -0.274. The lowest BCUT2D eigenvalue weighted by molar-refractivity contribution is -0.118. The summed E-state index contributed by atoms with van der Waals surface area (Å²) in [6.07, 6.45) is 0. The molecule has 0 saturated heterocycles. The normalized spacial score (nSPS) is 9.89. The van der Waals surface area contributed by atoms with E-state index in [2.05, 4.69) is 31.9 Å². The fourth-order valence-electron chi connectivity index (χ4n) is 1.23. The highest BCUT2D eigenvalue weighted by Gasteiger charge is 2.11. The van der Waals surface area contributed by atoms with Crippen molar-refractivity contribution in [3.05, 3.63) is 28.2 Å². The Morgan fingerprint density at radius 1 is 1.21 bits per heavy atom. The second-order valence-electron chi connectivity index (χ2n) is 3.61. The molecule has 0 aliphatic heterocycles. The third kappa shape index (κ3) is 5.21. The molecule has 0 atom stereocenters. The van der Waals surface area contributed by atoms with E-state index in [0.29, 0.717) is 0 Å². The average Bonchev–Trinajstić information content (AvgIpc) is 2.31. The molecule has 5 nitrogen and oxygen atoms in total. The van der Waals surface area contributed by atoms with Gasteiger partial charge in [-0.3, -0.25) is 4.79 Å². The molecule has 1 aromatic carbocycles. The van der Waals surface area contributed by atoms with Crippen molar-refractivity contribution in [1.29, 1.82) is 0 Å². The van der Waals surface area contributed by atoms with Gasteiger partial charge in [0.15, 0.2) is 5.82 Å². The van der Waals surface area contributed by atoms with Crippen molar-refractivity contribution in [2.75, 3.05) is 18.4 Å². The van der Waals surface area contributed by atoms with Gasteiger partial charge in [0, 0.05) is 26.1 Å². The lowest BCUT2D eigenvalue weighted by atomic mass is 10.3. The summed E-state index contributed by atoms with van der Waals surface area (Å²) in [5.74, 6) is -1.66. The Kier molecular flexibility index (Phi) is 5.68. The number of hydrogen-bond donors (Lipinski definition) is 3. The highest BCUT2D eigenvalue weighted by Crippen LogP contribution is 2.24. The first-order valence-electron chi connectivity index (χ1n) is 5.34. The SMILES string of the molecule is CC(=O)NCCNC(=O)Nc1cc(F)cc(Br)c1F. The number of halogens is 3. The van der Waals surface area contributed by atoms with Crippen LogP contribution in [-0.4, -0.2) is 25.0 Å². The van der Waals surface area contributed by atoms with Gasteiger partial charge in [0.2, 0.25) is 5.91 Å². The zero-order valence-corrected chi connectivity index (χ0v) is 11.6. The Hall–Kier alpha value is -1.70. The Morgan fingerprint density at radius 3 is 2.47 bits per heavy atom. The smallest absolute Gasteiger partial charge is 0.319 e. The number of hydrogen-bond acceptors (Lipinski definition) is 2. The minimum absolute atomic E-state index is 0.0824. The van der Waals surface area contributed by atoms with Gasteiger partial charge >= 0.3 is 6.03 Å². The van der Waals surface area contributed by atoms with E-state index in [4.69, 9.17) is 0 Å². The summed E-state index contributed by atoms with van der Waals surface area (Å²) in [7, 11) is 0. The quantitative estimate of drug-likeness (QED) is 0.581. The van der Waals surface area contributed by atoms with Gasteiger partial charge in [-0.05, 0) is 22.0 Å². The molecule has 0 aliphatic carbocycles. The van der Waals surface area contributed by atoms with E-state index in [9.17, 15) is 18.4 Å². The van der Waals surface area contributed by atoms with Crippen LogP contribution >= 0.6 is 15.9 Å². The molecule has 0 fully saturated rings. The number of nitrogens with one attached hydrogen (secondary N) is 3. The molecule has 0 spiro atoms.